The molecule has 1 aromatic heterocycles. The molecular weight excluding hydrogens is 306 g/mol. The third-order valence-electron chi connectivity index (χ3n) is 4.45. The van der Waals surface area contributed by atoms with Gasteiger partial charge in [0.2, 0.25) is 11.8 Å². The second-order valence-electron chi connectivity index (χ2n) is 6.51. The van der Waals surface area contributed by atoms with E-state index in [1.54, 1.807) is 15.9 Å². The van der Waals surface area contributed by atoms with Gasteiger partial charge < -0.3 is 10.2 Å². The van der Waals surface area contributed by atoms with Gasteiger partial charge in [0.05, 0.1) is 5.69 Å². The lowest BCUT2D eigenvalue weighted by molar-refractivity contribution is -0.157. The number of likely N-dealkylation sites (tertiary alicyclic amines) is 1. The fourth-order valence-electron chi connectivity index (χ4n) is 2.79. The maximum absolute atomic E-state index is 12.7. The van der Waals surface area contributed by atoms with E-state index in [4.69, 9.17) is 0 Å². The Morgan fingerprint density at radius 2 is 2.12 bits per heavy atom. The van der Waals surface area contributed by atoms with Crippen LogP contribution in [-0.2, 0) is 9.59 Å². The first-order valence-corrected chi connectivity index (χ1v) is 8.00. The number of benzene rings is 1. The molecule has 1 aromatic carbocycles. The molecule has 126 valence electrons. The highest BCUT2D eigenvalue weighted by molar-refractivity contribution is 6.01. The third kappa shape index (κ3) is 2.77. The summed E-state index contributed by atoms with van der Waals surface area (Å²) in [6.07, 6.45) is 3.72. The van der Waals surface area contributed by atoms with Crippen LogP contribution >= 0.6 is 0 Å². The van der Waals surface area contributed by atoms with E-state index in [0.717, 1.165) is 5.69 Å². The Hall–Kier alpha value is -2.70. The number of amides is 2. The Balaban J connectivity index is 1.75. The molecule has 1 fully saturated rings. The number of aromatic nitrogens is 3. The molecule has 1 aliphatic rings. The molecule has 2 amide bonds. The molecule has 1 N–H and O–H groups in total. The van der Waals surface area contributed by atoms with Crippen LogP contribution in [0, 0.1) is 5.92 Å². The number of nitrogens with zero attached hydrogens (tertiary/aromatic N) is 4. The Morgan fingerprint density at radius 3 is 2.71 bits per heavy atom. The fraction of sp³-hybridized carbons (Fsp3) is 0.412. The molecule has 1 aliphatic heterocycles. The maximum atomic E-state index is 12.7. The SMILES string of the molecule is CC(C)C(=O)N1CCC1(C)C(=O)Nc1cccc(-n2cncn2)c1. The summed E-state index contributed by atoms with van der Waals surface area (Å²) in [5, 5.41) is 6.99. The molecule has 0 spiro atoms. The molecule has 0 aliphatic carbocycles. The van der Waals surface area contributed by atoms with Crippen molar-refractivity contribution in [3.63, 3.8) is 0 Å². The summed E-state index contributed by atoms with van der Waals surface area (Å²) in [5.41, 5.74) is 0.683. The van der Waals surface area contributed by atoms with Crippen LogP contribution in [0.2, 0.25) is 0 Å². The lowest BCUT2D eigenvalue weighted by atomic mass is 9.84. The number of hydrogen-bond acceptors (Lipinski definition) is 4. The van der Waals surface area contributed by atoms with Gasteiger partial charge in [0, 0.05) is 18.2 Å². The van der Waals surface area contributed by atoms with Crippen molar-refractivity contribution in [2.45, 2.75) is 32.7 Å². The smallest absolute Gasteiger partial charge is 0.250 e. The van der Waals surface area contributed by atoms with Gasteiger partial charge in [0.25, 0.3) is 0 Å². The summed E-state index contributed by atoms with van der Waals surface area (Å²) in [7, 11) is 0. The Labute approximate surface area is 140 Å². The summed E-state index contributed by atoms with van der Waals surface area (Å²) in [4.78, 5) is 30.5. The second kappa shape index (κ2) is 6.07. The standard InChI is InChI=1S/C17H21N5O2/c1-12(2)15(23)21-8-7-17(21,3)16(24)20-13-5-4-6-14(9-13)22-11-18-10-19-22/h4-6,9-12H,7-8H2,1-3H3,(H,20,24). The quantitative estimate of drug-likeness (QED) is 0.929. The van der Waals surface area contributed by atoms with Crippen molar-refractivity contribution in [3.05, 3.63) is 36.9 Å². The van der Waals surface area contributed by atoms with E-state index in [-0.39, 0.29) is 17.7 Å². The zero-order valence-electron chi connectivity index (χ0n) is 14.1. The molecule has 24 heavy (non-hydrogen) atoms. The van der Waals surface area contributed by atoms with Gasteiger partial charge >= 0.3 is 0 Å². The first-order chi connectivity index (χ1) is 11.4. The summed E-state index contributed by atoms with van der Waals surface area (Å²) in [6.45, 7) is 6.13. The highest BCUT2D eigenvalue weighted by atomic mass is 16.2. The molecule has 2 aromatic rings. The lowest BCUT2D eigenvalue weighted by Gasteiger charge is -2.49. The molecule has 0 saturated carbocycles. The molecule has 7 nitrogen and oxygen atoms in total. The van der Waals surface area contributed by atoms with E-state index in [0.29, 0.717) is 18.7 Å². The molecule has 2 heterocycles. The van der Waals surface area contributed by atoms with E-state index in [1.807, 2.05) is 45.0 Å². The second-order valence-corrected chi connectivity index (χ2v) is 6.51. The molecule has 3 rings (SSSR count). The predicted octanol–water partition coefficient (Wildman–Crippen LogP) is 1.85. The van der Waals surface area contributed by atoms with E-state index >= 15 is 0 Å². The third-order valence-corrected chi connectivity index (χ3v) is 4.45. The van der Waals surface area contributed by atoms with Crippen molar-refractivity contribution in [1.29, 1.82) is 0 Å². The van der Waals surface area contributed by atoms with Gasteiger partial charge in [-0.2, -0.15) is 5.10 Å². The van der Waals surface area contributed by atoms with E-state index < -0.39 is 5.54 Å². The molecule has 1 saturated heterocycles. The fourth-order valence-corrected chi connectivity index (χ4v) is 2.79. The Morgan fingerprint density at radius 1 is 1.33 bits per heavy atom. The molecule has 1 atom stereocenters. The van der Waals surface area contributed by atoms with Crippen molar-refractivity contribution in [3.8, 4) is 5.69 Å². The Kier molecular flexibility index (Phi) is 4.09. The van der Waals surface area contributed by atoms with Gasteiger partial charge in [0.15, 0.2) is 0 Å². The minimum Gasteiger partial charge on any atom is -0.328 e. The monoisotopic (exact) mass is 327 g/mol. The van der Waals surface area contributed by atoms with Crippen LogP contribution in [0.1, 0.15) is 27.2 Å². The first-order valence-electron chi connectivity index (χ1n) is 8.00. The number of anilines is 1. The van der Waals surface area contributed by atoms with Crippen LogP contribution in [-0.4, -0.2) is 43.6 Å². The highest BCUT2D eigenvalue weighted by Crippen LogP contribution is 2.33. The number of carbonyl (C=O) groups excluding carboxylic acids is 2. The minimum absolute atomic E-state index is 0.00951. The van der Waals surface area contributed by atoms with Crippen molar-refractivity contribution in [2.24, 2.45) is 5.92 Å². The highest BCUT2D eigenvalue weighted by Gasteiger charge is 2.49. The van der Waals surface area contributed by atoms with Gasteiger partial charge in [-0.3, -0.25) is 9.59 Å². The average Bonchev–Trinajstić information content (AvgIpc) is 3.07. The van der Waals surface area contributed by atoms with Crippen molar-refractivity contribution >= 4 is 17.5 Å². The van der Waals surface area contributed by atoms with Gasteiger partial charge in [0.1, 0.15) is 18.2 Å². The van der Waals surface area contributed by atoms with E-state index in [1.165, 1.54) is 6.33 Å². The molecule has 1 unspecified atom stereocenters. The normalized spacial score (nSPS) is 19.9. The summed E-state index contributed by atoms with van der Waals surface area (Å²) < 4.78 is 1.62. The average molecular weight is 327 g/mol. The van der Waals surface area contributed by atoms with Gasteiger partial charge in [-0.15, -0.1) is 0 Å². The van der Waals surface area contributed by atoms with Gasteiger partial charge in [-0.05, 0) is 31.5 Å². The van der Waals surface area contributed by atoms with Crippen LogP contribution < -0.4 is 5.32 Å². The number of nitrogens with one attached hydrogen (secondary N) is 1. The zero-order valence-corrected chi connectivity index (χ0v) is 14.1. The Bertz CT molecular complexity index is 756. The first kappa shape index (κ1) is 16.2. The summed E-state index contributed by atoms with van der Waals surface area (Å²) >= 11 is 0. The number of carbonyl (C=O) groups is 2. The number of hydrogen-bond donors (Lipinski definition) is 1. The number of rotatable bonds is 4. The topological polar surface area (TPSA) is 80.1 Å². The van der Waals surface area contributed by atoms with Crippen molar-refractivity contribution < 1.29 is 9.59 Å². The van der Waals surface area contributed by atoms with Gasteiger partial charge in [-0.25, -0.2) is 9.67 Å². The van der Waals surface area contributed by atoms with E-state index in [2.05, 4.69) is 15.4 Å². The largest absolute Gasteiger partial charge is 0.328 e. The van der Waals surface area contributed by atoms with Crippen LogP contribution in [0.15, 0.2) is 36.9 Å². The molecule has 7 heteroatoms. The van der Waals surface area contributed by atoms with E-state index in [9.17, 15) is 9.59 Å². The zero-order chi connectivity index (χ0) is 17.3. The van der Waals surface area contributed by atoms with Crippen LogP contribution in [0.25, 0.3) is 5.69 Å². The predicted molar refractivity (Wildman–Crippen MR) is 89.6 cm³/mol. The summed E-state index contributed by atoms with van der Waals surface area (Å²) in [5.74, 6) is -0.276. The lowest BCUT2D eigenvalue weighted by Crippen LogP contribution is -2.66. The minimum atomic E-state index is -0.787. The van der Waals surface area contributed by atoms with Crippen LogP contribution in [0.3, 0.4) is 0 Å². The summed E-state index contributed by atoms with van der Waals surface area (Å²) in [6, 6.07) is 7.36. The molecule has 0 bridgehead atoms. The molecule has 0 radical (unpaired) electrons. The van der Waals surface area contributed by atoms with Crippen molar-refractivity contribution in [2.75, 3.05) is 11.9 Å². The maximum Gasteiger partial charge on any atom is 0.250 e. The molecular formula is C17H21N5O2. The van der Waals surface area contributed by atoms with Crippen molar-refractivity contribution in [1.82, 2.24) is 19.7 Å². The van der Waals surface area contributed by atoms with Gasteiger partial charge in [-0.1, -0.05) is 19.9 Å². The van der Waals surface area contributed by atoms with Crippen LogP contribution in [0.4, 0.5) is 5.69 Å². The van der Waals surface area contributed by atoms with Crippen LogP contribution in [0.5, 0.6) is 0 Å².